The highest BCUT2D eigenvalue weighted by Gasteiger charge is 2.35. The van der Waals surface area contributed by atoms with Crippen molar-refractivity contribution in [3.05, 3.63) is 34.7 Å². The summed E-state index contributed by atoms with van der Waals surface area (Å²) in [5.74, 6) is 0.687. The van der Waals surface area contributed by atoms with Crippen LogP contribution in [0.4, 0.5) is 4.79 Å². The van der Waals surface area contributed by atoms with Crippen molar-refractivity contribution in [2.75, 3.05) is 26.2 Å². The number of likely N-dealkylation sites (tertiary alicyclic amines) is 1. The van der Waals surface area contributed by atoms with E-state index in [0.29, 0.717) is 23.9 Å². The molecule has 2 aromatic rings. The number of amides is 1. The van der Waals surface area contributed by atoms with Crippen LogP contribution in [0.1, 0.15) is 79.2 Å². The number of piperidine rings is 1. The Morgan fingerprint density at radius 2 is 1.68 bits per heavy atom. The van der Waals surface area contributed by atoms with Crippen LogP contribution in [0.3, 0.4) is 0 Å². The van der Waals surface area contributed by atoms with Crippen LogP contribution in [0.25, 0.3) is 11.0 Å². The quantitative estimate of drug-likeness (QED) is 0.562. The molecule has 2 aliphatic rings. The van der Waals surface area contributed by atoms with Crippen LogP contribution in [-0.4, -0.2) is 57.8 Å². The van der Waals surface area contributed by atoms with Crippen LogP contribution in [0, 0.1) is 17.8 Å². The van der Waals surface area contributed by atoms with E-state index in [1.54, 1.807) is 4.57 Å². The number of hydrogen-bond acceptors (Lipinski definition) is 5. The first-order valence-electron chi connectivity index (χ1n) is 14.0. The molecule has 2 unspecified atom stereocenters. The molecular weight excluding hydrogens is 468 g/mol. The number of carbonyl (C=O) groups excluding carboxylic acids is 2. The highest BCUT2D eigenvalue weighted by Crippen LogP contribution is 2.33. The number of rotatable bonds is 6. The van der Waals surface area contributed by atoms with E-state index in [1.807, 2.05) is 58.9 Å². The first-order chi connectivity index (χ1) is 17.5. The third-order valence-corrected chi connectivity index (χ3v) is 7.86. The van der Waals surface area contributed by atoms with Gasteiger partial charge in [-0.2, -0.15) is 0 Å². The molecule has 2 fully saturated rings. The minimum absolute atomic E-state index is 0.00346. The van der Waals surface area contributed by atoms with Gasteiger partial charge in [-0.05, 0) is 97.4 Å². The molecule has 1 aromatic carbocycles. The second-order valence-corrected chi connectivity index (χ2v) is 12.2. The fourth-order valence-corrected chi connectivity index (χ4v) is 6.00. The zero-order valence-electron chi connectivity index (χ0n) is 23.2. The molecule has 1 aliphatic carbocycles. The molecule has 0 spiro atoms. The summed E-state index contributed by atoms with van der Waals surface area (Å²) in [7, 11) is 0. The van der Waals surface area contributed by atoms with Crippen molar-refractivity contribution >= 4 is 23.0 Å². The van der Waals surface area contributed by atoms with Crippen LogP contribution in [-0.2, 0) is 9.53 Å². The van der Waals surface area contributed by atoms with Gasteiger partial charge in [0.25, 0.3) is 0 Å². The fourth-order valence-electron chi connectivity index (χ4n) is 6.00. The van der Waals surface area contributed by atoms with Gasteiger partial charge in [0.05, 0.1) is 17.0 Å². The second kappa shape index (κ2) is 11.4. The summed E-state index contributed by atoms with van der Waals surface area (Å²) in [5, 5.41) is 3.02. The summed E-state index contributed by atoms with van der Waals surface area (Å²) >= 11 is 0. The molecule has 0 bridgehead atoms. The number of nitrogens with one attached hydrogen (secondary N) is 1. The summed E-state index contributed by atoms with van der Waals surface area (Å²) in [6.07, 6.45) is 6.27. The number of aromatic nitrogens is 2. The SMILES string of the molecule is CC(C)n1c(=O)n(C(=O)NCC2CCN(CC3CCCCC3C(=O)OC(C)(C)C)CC2)c2ccccc21. The van der Waals surface area contributed by atoms with E-state index < -0.39 is 5.60 Å². The number of esters is 1. The minimum Gasteiger partial charge on any atom is -0.460 e. The van der Waals surface area contributed by atoms with Crippen molar-refractivity contribution in [1.82, 2.24) is 19.4 Å². The molecule has 8 heteroatoms. The highest BCUT2D eigenvalue weighted by atomic mass is 16.6. The Morgan fingerprint density at radius 1 is 1.03 bits per heavy atom. The Hall–Kier alpha value is -2.61. The Bertz CT molecular complexity index is 1150. The van der Waals surface area contributed by atoms with Crippen LogP contribution in [0.15, 0.2) is 29.1 Å². The lowest BCUT2D eigenvalue weighted by molar-refractivity contribution is -0.163. The number of ether oxygens (including phenoxy) is 1. The Kier molecular flexibility index (Phi) is 8.46. The van der Waals surface area contributed by atoms with Gasteiger partial charge in [-0.1, -0.05) is 25.0 Å². The van der Waals surface area contributed by atoms with Crippen molar-refractivity contribution in [2.45, 2.75) is 84.8 Å². The molecule has 0 radical (unpaired) electrons. The van der Waals surface area contributed by atoms with Gasteiger partial charge in [0.15, 0.2) is 0 Å². The topological polar surface area (TPSA) is 85.6 Å². The van der Waals surface area contributed by atoms with E-state index in [0.717, 1.165) is 57.3 Å². The zero-order chi connectivity index (χ0) is 26.7. The summed E-state index contributed by atoms with van der Waals surface area (Å²) in [6.45, 7) is 13.1. The van der Waals surface area contributed by atoms with Gasteiger partial charge in [0.1, 0.15) is 5.60 Å². The maximum absolute atomic E-state index is 13.1. The average Bonchev–Trinajstić information content (AvgIpc) is 3.14. The fraction of sp³-hybridized carbons (Fsp3) is 0.690. The van der Waals surface area contributed by atoms with Gasteiger partial charge in [-0.25, -0.2) is 14.2 Å². The molecule has 1 aliphatic heterocycles. The van der Waals surface area contributed by atoms with Gasteiger partial charge in [-0.3, -0.25) is 9.36 Å². The molecule has 2 heterocycles. The highest BCUT2D eigenvalue weighted by molar-refractivity contribution is 5.89. The monoisotopic (exact) mass is 512 g/mol. The van der Waals surface area contributed by atoms with E-state index in [1.165, 1.54) is 11.0 Å². The van der Waals surface area contributed by atoms with Gasteiger partial charge >= 0.3 is 17.7 Å². The van der Waals surface area contributed by atoms with Crippen molar-refractivity contribution in [3.63, 3.8) is 0 Å². The molecule has 8 nitrogen and oxygen atoms in total. The van der Waals surface area contributed by atoms with Crippen LogP contribution >= 0.6 is 0 Å². The first-order valence-corrected chi connectivity index (χ1v) is 14.0. The molecular formula is C29H44N4O4. The van der Waals surface area contributed by atoms with Crippen molar-refractivity contribution in [3.8, 4) is 0 Å². The molecule has 2 atom stereocenters. The van der Waals surface area contributed by atoms with Gasteiger partial charge in [0, 0.05) is 19.1 Å². The van der Waals surface area contributed by atoms with Crippen LogP contribution in [0.5, 0.6) is 0 Å². The number of benzene rings is 1. The summed E-state index contributed by atoms with van der Waals surface area (Å²) in [4.78, 5) is 41.4. The minimum atomic E-state index is -0.448. The van der Waals surface area contributed by atoms with Crippen LogP contribution < -0.4 is 11.0 Å². The Morgan fingerprint density at radius 3 is 2.32 bits per heavy atom. The van der Waals surface area contributed by atoms with Crippen molar-refractivity contribution < 1.29 is 14.3 Å². The predicted octanol–water partition coefficient (Wildman–Crippen LogP) is 4.80. The van der Waals surface area contributed by atoms with Gasteiger partial charge in [-0.15, -0.1) is 0 Å². The van der Waals surface area contributed by atoms with E-state index >= 15 is 0 Å². The molecule has 1 saturated carbocycles. The first kappa shape index (κ1) is 27.4. The van der Waals surface area contributed by atoms with Crippen molar-refractivity contribution in [1.29, 1.82) is 0 Å². The van der Waals surface area contributed by atoms with E-state index in [4.69, 9.17) is 4.74 Å². The number of fused-ring (bicyclic) bond motifs is 1. The average molecular weight is 513 g/mol. The lowest BCUT2D eigenvalue weighted by Crippen LogP contribution is -2.45. The lowest BCUT2D eigenvalue weighted by atomic mass is 9.78. The number of nitrogens with zero attached hydrogens (tertiary/aromatic N) is 3. The Labute approximate surface area is 220 Å². The number of hydrogen-bond donors (Lipinski definition) is 1. The van der Waals surface area contributed by atoms with Crippen molar-refractivity contribution in [2.24, 2.45) is 17.8 Å². The standard InChI is InChI=1S/C29H44N4O4/c1-20(2)32-24-12-8-9-13-25(24)33(28(32)36)27(35)30-18-21-14-16-31(17-15-21)19-22-10-6-7-11-23(22)26(34)37-29(3,4)5/h8-9,12-13,20-23H,6-7,10-11,14-19H2,1-5H3,(H,30,35). The van der Waals surface area contributed by atoms with E-state index in [-0.39, 0.29) is 29.6 Å². The maximum atomic E-state index is 13.1. The smallest absolute Gasteiger partial charge is 0.337 e. The zero-order valence-corrected chi connectivity index (χ0v) is 23.2. The predicted molar refractivity (Wildman–Crippen MR) is 146 cm³/mol. The molecule has 1 N–H and O–H groups in total. The largest absolute Gasteiger partial charge is 0.460 e. The Balaban J connectivity index is 1.30. The summed E-state index contributed by atoms with van der Waals surface area (Å²) < 4.78 is 8.67. The lowest BCUT2D eigenvalue weighted by Gasteiger charge is -2.38. The molecule has 1 amide bonds. The normalized spacial score (nSPS) is 21.9. The second-order valence-electron chi connectivity index (χ2n) is 12.2. The third kappa shape index (κ3) is 6.46. The van der Waals surface area contributed by atoms with E-state index in [9.17, 15) is 14.4 Å². The number of para-hydroxylation sites is 2. The van der Waals surface area contributed by atoms with Crippen LogP contribution in [0.2, 0.25) is 0 Å². The summed E-state index contributed by atoms with van der Waals surface area (Å²) in [6, 6.07) is 7.06. The number of imidazole rings is 1. The molecule has 4 rings (SSSR count). The summed E-state index contributed by atoms with van der Waals surface area (Å²) in [5.41, 5.74) is 0.672. The molecule has 204 valence electrons. The number of carbonyl (C=O) groups is 2. The molecule has 1 saturated heterocycles. The van der Waals surface area contributed by atoms with E-state index in [2.05, 4.69) is 10.2 Å². The van der Waals surface area contributed by atoms with Gasteiger partial charge in [0.2, 0.25) is 0 Å². The molecule has 1 aromatic heterocycles. The van der Waals surface area contributed by atoms with Gasteiger partial charge < -0.3 is 15.0 Å². The third-order valence-electron chi connectivity index (χ3n) is 7.86. The maximum Gasteiger partial charge on any atom is 0.337 e. The molecule has 37 heavy (non-hydrogen) atoms.